The Bertz CT molecular complexity index is 649. The normalized spacial score (nSPS) is 11.4. The first-order valence-electron chi connectivity index (χ1n) is 8.05. The molecule has 1 heterocycles. The second-order valence-corrected chi connectivity index (χ2v) is 6.65. The number of methoxy groups -OCH3 is 2. The smallest absolute Gasteiger partial charge is 0.316 e. The molecule has 0 saturated heterocycles. The fourth-order valence-electron chi connectivity index (χ4n) is 2.30. The Kier molecular flexibility index (Phi) is 6.15. The minimum absolute atomic E-state index is 0.170. The van der Waals surface area contributed by atoms with Crippen LogP contribution in [0.4, 0.5) is 0 Å². The van der Waals surface area contributed by atoms with Gasteiger partial charge in [0.05, 0.1) is 26.5 Å². The summed E-state index contributed by atoms with van der Waals surface area (Å²) < 4.78 is 16.0. The average molecular weight is 330 g/mol. The molecule has 0 spiro atoms. The van der Waals surface area contributed by atoms with Gasteiger partial charge in [-0.3, -0.25) is 0 Å². The zero-order valence-corrected chi connectivity index (χ0v) is 15.1. The van der Waals surface area contributed by atoms with Crippen LogP contribution in [-0.2, 0) is 23.2 Å². The molecular formula is C19H26N2O3. The zero-order chi connectivity index (χ0) is 17.6. The Morgan fingerprint density at radius 2 is 1.75 bits per heavy atom. The van der Waals surface area contributed by atoms with Gasteiger partial charge in [0.25, 0.3) is 0 Å². The van der Waals surface area contributed by atoms with E-state index in [0.29, 0.717) is 30.7 Å². The van der Waals surface area contributed by atoms with E-state index in [1.165, 1.54) is 11.1 Å². The molecule has 0 atom stereocenters. The SMILES string of the molecule is COCc1nc(OCCc2ccc(C(C)(C)C)cc2)ncc1OC. The number of hydrogen-bond acceptors (Lipinski definition) is 5. The van der Waals surface area contributed by atoms with Crippen LogP contribution in [0.3, 0.4) is 0 Å². The summed E-state index contributed by atoms with van der Waals surface area (Å²) in [6, 6.07) is 8.99. The molecule has 0 N–H and O–H groups in total. The van der Waals surface area contributed by atoms with Crippen molar-refractivity contribution < 1.29 is 14.2 Å². The van der Waals surface area contributed by atoms with E-state index >= 15 is 0 Å². The van der Waals surface area contributed by atoms with Crippen molar-refractivity contribution in [1.29, 1.82) is 0 Å². The number of benzene rings is 1. The highest BCUT2D eigenvalue weighted by Gasteiger charge is 2.13. The Labute approximate surface area is 144 Å². The highest BCUT2D eigenvalue weighted by Crippen LogP contribution is 2.22. The van der Waals surface area contributed by atoms with Crippen molar-refractivity contribution in [2.45, 2.75) is 39.2 Å². The largest absolute Gasteiger partial charge is 0.493 e. The second kappa shape index (κ2) is 8.11. The summed E-state index contributed by atoms with van der Waals surface area (Å²) >= 11 is 0. The fraction of sp³-hybridized carbons (Fsp3) is 0.474. The standard InChI is InChI=1S/C19H26N2O3/c1-19(2,3)15-8-6-14(7-9-15)10-11-24-18-20-12-17(23-5)16(21-18)13-22-4/h6-9,12H,10-11,13H2,1-5H3. The van der Waals surface area contributed by atoms with Crippen molar-refractivity contribution in [1.82, 2.24) is 9.97 Å². The molecule has 0 saturated carbocycles. The summed E-state index contributed by atoms with van der Waals surface area (Å²) in [4.78, 5) is 8.48. The highest BCUT2D eigenvalue weighted by atomic mass is 16.5. The number of rotatable bonds is 7. The molecular weight excluding hydrogens is 304 g/mol. The van der Waals surface area contributed by atoms with E-state index in [9.17, 15) is 0 Å². The molecule has 1 aromatic heterocycles. The van der Waals surface area contributed by atoms with Crippen molar-refractivity contribution in [2.24, 2.45) is 0 Å². The third kappa shape index (κ3) is 4.93. The lowest BCUT2D eigenvalue weighted by Crippen LogP contribution is -2.11. The number of ether oxygens (including phenoxy) is 3. The molecule has 0 aliphatic rings. The summed E-state index contributed by atoms with van der Waals surface area (Å²) in [7, 11) is 3.20. The van der Waals surface area contributed by atoms with Gasteiger partial charge in [0.1, 0.15) is 5.69 Å². The van der Waals surface area contributed by atoms with Crippen molar-refractivity contribution in [3.63, 3.8) is 0 Å². The lowest BCUT2D eigenvalue weighted by Gasteiger charge is -2.19. The van der Waals surface area contributed by atoms with Crippen molar-refractivity contribution >= 4 is 0 Å². The van der Waals surface area contributed by atoms with E-state index in [1.54, 1.807) is 20.4 Å². The van der Waals surface area contributed by atoms with Gasteiger partial charge in [0, 0.05) is 13.5 Å². The number of aromatic nitrogens is 2. The molecule has 2 rings (SSSR count). The lowest BCUT2D eigenvalue weighted by molar-refractivity contribution is 0.175. The summed E-state index contributed by atoms with van der Waals surface area (Å²) in [5.74, 6) is 0.599. The van der Waals surface area contributed by atoms with Gasteiger partial charge in [0.2, 0.25) is 0 Å². The average Bonchev–Trinajstić information content (AvgIpc) is 2.55. The number of hydrogen-bond donors (Lipinski definition) is 0. The van der Waals surface area contributed by atoms with Gasteiger partial charge in [-0.1, -0.05) is 45.0 Å². The predicted molar refractivity (Wildman–Crippen MR) is 93.6 cm³/mol. The third-order valence-electron chi connectivity index (χ3n) is 3.75. The van der Waals surface area contributed by atoms with Crippen LogP contribution in [0.5, 0.6) is 11.8 Å². The van der Waals surface area contributed by atoms with Crippen molar-refractivity contribution in [3.8, 4) is 11.8 Å². The van der Waals surface area contributed by atoms with Gasteiger partial charge >= 0.3 is 6.01 Å². The summed E-state index contributed by atoms with van der Waals surface area (Å²) in [5.41, 5.74) is 3.41. The Morgan fingerprint density at radius 3 is 2.33 bits per heavy atom. The maximum atomic E-state index is 5.66. The topological polar surface area (TPSA) is 53.5 Å². The first-order chi connectivity index (χ1) is 11.4. The fourth-order valence-corrected chi connectivity index (χ4v) is 2.30. The minimum Gasteiger partial charge on any atom is -0.493 e. The number of nitrogens with zero attached hydrogens (tertiary/aromatic N) is 2. The molecule has 0 fully saturated rings. The molecule has 0 unspecified atom stereocenters. The quantitative estimate of drug-likeness (QED) is 0.777. The van der Waals surface area contributed by atoms with Crippen LogP contribution >= 0.6 is 0 Å². The molecule has 0 bridgehead atoms. The van der Waals surface area contributed by atoms with Crippen LogP contribution in [0, 0.1) is 0 Å². The molecule has 0 aliphatic heterocycles. The minimum atomic E-state index is 0.170. The molecule has 1 aromatic carbocycles. The van der Waals surface area contributed by atoms with Crippen LogP contribution in [0.15, 0.2) is 30.5 Å². The molecule has 5 nitrogen and oxygen atoms in total. The molecule has 130 valence electrons. The summed E-state index contributed by atoms with van der Waals surface area (Å²) in [6.45, 7) is 7.52. The Morgan fingerprint density at radius 1 is 1.04 bits per heavy atom. The maximum absolute atomic E-state index is 5.66. The van der Waals surface area contributed by atoms with E-state index in [1.807, 2.05) is 0 Å². The Hall–Kier alpha value is -2.14. The summed E-state index contributed by atoms with van der Waals surface area (Å²) in [5, 5.41) is 0. The Balaban J connectivity index is 1.93. The molecule has 5 heteroatoms. The predicted octanol–water partition coefficient (Wildman–Crippen LogP) is 3.55. The zero-order valence-electron chi connectivity index (χ0n) is 15.1. The molecule has 0 aliphatic carbocycles. The summed E-state index contributed by atoms with van der Waals surface area (Å²) in [6.07, 6.45) is 2.41. The van der Waals surface area contributed by atoms with Crippen LogP contribution in [0.25, 0.3) is 0 Å². The molecule has 0 amide bonds. The van der Waals surface area contributed by atoms with E-state index < -0.39 is 0 Å². The van der Waals surface area contributed by atoms with Gasteiger partial charge in [-0.15, -0.1) is 0 Å². The van der Waals surface area contributed by atoms with E-state index in [-0.39, 0.29) is 5.41 Å². The monoisotopic (exact) mass is 330 g/mol. The molecule has 24 heavy (non-hydrogen) atoms. The van der Waals surface area contributed by atoms with Gasteiger partial charge in [-0.05, 0) is 16.5 Å². The first kappa shape index (κ1) is 18.2. The van der Waals surface area contributed by atoms with Gasteiger partial charge in [-0.2, -0.15) is 9.97 Å². The highest BCUT2D eigenvalue weighted by molar-refractivity contribution is 5.28. The van der Waals surface area contributed by atoms with Gasteiger partial charge in [-0.25, -0.2) is 0 Å². The van der Waals surface area contributed by atoms with E-state index in [2.05, 4.69) is 55.0 Å². The maximum Gasteiger partial charge on any atom is 0.316 e. The van der Waals surface area contributed by atoms with E-state index in [4.69, 9.17) is 14.2 Å². The molecule has 2 aromatic rings. The van der Waals surface area contributed by atoms with Crippen LogP contribution < -0.4 is 9.47 Å². The third-order valence-corrected chi connectivity index (χ3v) is 3.75. The molecule has 0 radical (unpaired) electrons. The van der Waals surface area contributed by atoms with Crippen molar-refractivity contribution in [2.75, 3.05) is 20.8 Å². The van der Waals surface area contributed by atoms with Gasteiger partial charge < -0.3 is 14.2 Å². The van der Waals surface area contributed by atoms with E-state index in [0.717, 1.165) is 6.42 Å². The van der Waals surface area contributed by atoms with Crippen LogP contribution in [0.2, 0.25) is 0 Å². The van der Waals surface area contributed by atoms with Crippen LogP contribution in [0.1, 0.15) is 37.6 Å². The second-order valence-electron chi connectivity index (χ2n) is 6.65. The lowest BCUT2D eigenvalue weighted by atomic mass is 9.86. The van der Waals surface area contributed by atoms with Crippen molar-refractivity contribution in [3.05, 3.63) is 47.3 Å². The van der Waals surface area contributed by atoms with Crippen LogP contribution in [-0.4, -0.2) is 30.8 Å². The first-order valence-corrected chi connectivity index (χ1v) is 8.05. The van der Waals surface area contributed by atoms with Gasteiger partial charge in [0.15, 0.2) is 5.75 Å².